The van der Waals surface area contributed by atoms with Gasteiger partial charge in [-0.1, -0.05) is 24.3 Å². The van der Waals surface area contributed by atoms with Crippen molar-refractivity contribution in [2.45, 2.75) is 67.9 Å². The van der Waals surface area contributed by atoms with Crippen LogP contribution in [0.2, 0.25) is 0 Å². The van der Waals surface area contributed by atoms with Crippen LogP contribution in [-0.4, -0.2) is 92.4 Å². The Labute approximate surface area is 282 Å². The van der Waals surface area contributed by atoms with Gasteiger partial charge in [0.05, 0.1) is 12.2 Å². The first-order valence-electron chi connectivity index (χ1n) is 16.1. The molecular formula is C34H32F6N6O4. The van der Waals surface area contributed by atoms with E-state index in [-0.39, 0.29) is 27.6 Å². The fourth-order valence-electron chi connectivity index (χ4n) is 7.60. The molecule has 2 aliphatic carbocycles. The summed E-state index contributed by atoms with van der Waals surface area (Å²) in [5.41, 5.74) is -3.51. The molecule has 264 valence electrons. The molecule has 0 radical (unpaired) electrons. The van der Waals surface area contributed by atoms with E-state index in [4.69, 9.17) is 0 Å². The van der Waals surface area contributed by atoms with E-state index in [2.05, 4.69) is 22.4 Å². The maximum absolute atomic E-state index is 14.5. The van der Waals surface area contributed by atoms with Crippen LogP contribution < -0.4 is 5.32 Å². The summed E-state index contributed by atoms with van der Waals surface area (Å²) in [5, 5.41) is 6.99. The van der Waals surface area contributed by atoms with Gasteiger partial charge in [0, 0.05) is 43.1 Å². The first-order valence-corrected chi connectivity index (χ1v) is 16.1. The van der Waals surface area contributed by atoms with E-state index in [1.165, 1.54) is 6.07 Å². The zero-order chi connectivity index (χ0) is 35.8. The predicted octanol–water partition coefficient (Wildman–Crippen LogP) is 5.05. The van der Waals surface area contributed by atoms with Crippen LogP contribution in [-0.2, 0) is 21.7 Å². The first-order chi connectivity index (χ1) is 23.5. The van der Waals surface area contributed by atoms with Gasteiger partial charge in [0.2, 0.25) is 5.91 Å². The minimum atomic E-state index is -5.30. The van der Waals surface area contributed by atoms with Crippen LogP contribution >= 0.6 is 0 Å². The van der Waals surface area contributed by atoms with Crippen LogP contribution in [0.1, 0.15) is 59.6 Å². The maximum atomic E-state index is 14.5. The summed E-state index contributed by atoms with van der Waals surface area (Å²) in [6, 6.07) is 7.95. The topological polar surface area (TPSA) is 108 Å². The van der Waals surface area contributed by atoms with Gasteiger partial charge < -0.3 is 15.1 Å². The van der Waals surface area contributed by atoms with Crippen LogP contribution in [0.3, 0.4) is 0 Å². The lowest BCUT2D eigenvalue weighted by Crippen LogP contribution is -2.71. The number of Topliss-reactive ketones (excluding diaryl/α,β-unsaturated/α-hetero) is 1. The molecule has 3 aromatic rings. The molecule has 4 amide bonds. The summed E-state index contributed by atoms with van der Waals surface area (Å²) in [4.78, 5) is 56.9. The Bertz CT molecular complexity index is 1880. The van der Waals surface area contributed by atoms with Gasteiger partial charge in [-0.05, 0) is 67.9 Å². The number of carbonyl (C=O) groups is 4. The molecule has 50 heavy (non-hydrogen) atoms. The molecule has 0 unspecified atom stereocenters. The number of alkyl halides is 5. The third kappa shape index (κ3) is 5.53. The van der Waals surface area contributed by atoms with Crippen LogP contribution in [0.15, 0.2) is 54.9 Å². The van der Waals surface area contributed by atoms with Crippen molar-refractivity contribution < 1.29 is 45.5 Å². The van der Waals surface area contributed by atoms with E-state index in [0.717, 1.165) is 55.8 Å². The average molecular weight is 703 g/mol. The number of imide groups is 1. The maximum Gasteiger partial charge on any atom is 0.412 e. The SMILES string of the molecule is CN1CCC(n2cc(-c3ccc4c(c3)C(=O)C[C@]43NC(=O)N(CC(=O)N(Cc4ccc(F)cc4)C4(C(F)(F)F)CC(F)(F)C4)C3=O)cn2)CC1. The number of hydrogen-bond acceptors (Lipinski definition) is 6. The Hall–Kier alpha value is -4.73. The van der Waals surface area contributed by atoms with Gasteiger partial charge in [-0.2, -0.15) is 18.3 Å². The highest BCUT2D eigenvalue weighted by Gasteiger charge is 2.73. The molecular weight excluding hydrogens is 670 g/mol. The van der Waals surface area contributed by atoms with E-state index < -0.39 is 85.0 Å². The molecule has 1 atom stereocenters. The zero-order valence-electron chi connectivity index (χ0n) is 26.8. The van der Waals surface area contributed by atoms with Crippen molar-refractivity contribution in [3.05, 3.63) is 77.4 Å². The molecule has 4 aliphatic rings. The molecule has 16 heteroatoms. The van der Waals surface area contributed by atoms with Crippen molar-refractivity contribution in [2.75, 3.05) is 26.7 Å². The number of amides is 4. The Kier molecular flexibility index (Phi) is 7.88. The number of halogens is 6. The van der Waals surface area contributed by atoms with Crippen molar-refractivity contribution in [2.24, 2.45) is 0 Å². The molecule has 3 heterocycles. The molecule has 0 bridgehead atoms. The van der Waals surface area contributed by atoms with Crippen LogP contribution in [0.4, 0.5) is 31.1 Å². The monoisotopic (exact) mass is 702 g/mol. The summed E-state index contributed by atoms with van der Waals surface area (Å²) < 4.78 is 87.0. The van der Waals surface area contributed by atoms with E-state index in [9.17, 15) is 45.5 Å². The average Bonchev–Trinajstić information content (AvgIpc) is 3.71. The molecule has 2 aromatic carbocycles. The van der Waals surface area contributed by atoms with Gasteiger partial charge in [-0.15, -0.1) is 0 Å². The fourth-order valence-corrected chi connectivity index (χ4v) is 7.60. The van der Waals surface area contributed by atoms with Gasteiger partial charge >= 0.3 is 12.2 Å². The highest BCUT2D eigenvalue weighted by Crippen LogP contribution is 2.57. The van der Waals surface area contributed by atoms with Gasteiger partial charge in [0.1, 0.15) is 17.9 Å². The first kappa shape index (κ1) is 33.8. The largest absolute Gasteiger partial charge is 0.412 e. The summed E-state index contributed by atoms with van der Waals surface area (Å²) in [6.45, 7) is -0.192. The number of nitrogens with one attached hydrogen (secondary N) is 1. The highest BCUT2D eigenvalue weighted by molar-refractivity contribution is 6.17. The number of hydrogen-bond donors (Lipinski definition) is 1. The number of likely N-dealkylation sites (tertiary alicyclic amines) is 1. The molecule has 10 nitrogen and oxygen atoms in total. The van der Waals surface area contributed by atoms with Gasteiger partial charge in [-0.3, -0.25) is 24.0 Å². The second kappa shape index (κ2) is 11.7. The normalized spacial score (nSPS) is 23.3. The minimum absolute atomic E-state index is 0.00951. The van der Waals surface area contributed by atoms with Crippen molar-refractivity contribution in [3.63, 3.8) is 0 Å². The quantitative estimate of drug-likeness (QED) is 0.273. The number of piperidine rings is 1. The van der Waals surface area contributed by atoms with Crippen molar-refractivity contribution in [3.8, 4) is 11.1 Å². The van der Waals surface area contributed by atoms with Crippen LogP contribution in [0.25, 0.3) is 11.1 Å². The Morgan fingerprint density at radius 3 is 2.34 bits per heavy atom. The molecule has 2 saturated heterocycles. The smallest absolute Gasteiger partial charge is 0.322 e. The highest BCUT2D eigenvalue weighted by atomic mass is 19.4. The molecule has 1 spiro atoms. The molecule has 1 saturated carbocycles. The Balaban J connectivity index is 1.15. The summed E-state index contributed by atoms with van der Waals surface area (Å²) in [6.07, 6.45) is -3.83. The second-order valence-electron chi connectivity index (χ2n) is 13.7. The fraction of sp³-hybridized carbons (Fsp3) is 0.441. The number of carbonyl (C=O) groups excluding carboxylic acids is 4. The van der Waals surface area contributed by atoms with Crippen LogP contribution in [0.5, 0.6) is 0 Å². The Morgan fingerprint density at radius 2 is 1.70 bits per heavy atom. The van der Waals surface area contributed by atoms with Crippen molar-refractivity contribution in [1.82, 2.24) is 29.8 Å². The lowest BCUT2D eigenvalue weighted by molar-refractivity contribution is -0.307. The number of aromatic nitrogens is 2. The standard InChI is InChI=1S/C34H32F6N6O4/c1-43-10-8-24(9-11-43)46-16-22(14-41-46)21-4-7-26-25(12-21)27(47)13-33(26)29(49)44(30(50)42-33)17-28(48)45(15-20-2-5-23(35)6-3-20)31(34(38,39)40)18-32(36,37)19-31/h2-7,12,14,16,24H,8-11,13,15,17-19H2,1H3,(H,42,50)/t33-/m0/s1. The number of benzene rings is 2. The van der Waals surface area contributed by atoms with Crippen molar-refractivity contribution >= 4 is 23.6 Å². The molecule has 7 rings (SSSR count). The summed E-state index contributed by atoms with van der Waals surface area (Å²) >= 11 is 0. The molecule has 1 N–H and O–H groups in total. The van der Waals surface area contributed by atoms with Gasteiger partial charge in [0.25, 0.3) is 11.8 Å². The summed E-state index contributed by atoms with van der Waals surface area (Å²) in [5.74, 6) is -7.37. The van der Waals surface area contributed by atoms with E-state index in [1.54, 1.807) is 18.3 Å². The van der Waals surface area contributed by atoms with Gasteiger partial charge in [-0.25, -0.2) is 18.0 Å². The number of nitrogens with zero attached hydrogens (tertiary/aromatic N) is 5. The zero-order valence-corrected chi connectivity index (χ0v) is 26.8. The lowest BCUT2D eigenvalue weighted by Gasteiger charge is -2.54. The third-order valence-corrected chi connectivity index (χ3v) is 10.4. The number of ketones is 1. The minimum Gasteiger partial charge on any atom is -0.322 e. The number of fused-ring (bicyclic) bond motifs is 2. The van der Waals surface area contributed by atoms with Crippen LogP contribution in [0, 0.1) is 5.82 Å². The number of urea groups is 1. The lowest BCUT2D eigenvalue weighted by atomic mass is 9.71. The van der Waals surface area contributed by atoms with E-state index in [0.29, 0.717) is 10.5 Å². The molecule has 3 fully saturated rings. The van der Waals surface area contributed by atoms with E-state index >= 15 is 0 Å². The van der Waals surface area contributed by atoms with Crippen molar-refractivity contribution in [1.29, 1.82) is 0 Å². The third-order valence-electron chi connectivity index (χ3n) is 10.4. The van der Waals surface area contributed by atoms with E-state index in [1.807, 2.05) is 10.9 Å². The predicted molar refractivity (Wildman–Crippen MR) is 164 cm³/mol. The number of rotatable bonds is 7. The molecule has 2 aliphatic heterocycles. The van der Waals surface area contributed by atoms with Gasteiger partial charge in [0.15, 0.2) is 11.3 Å². The summed E-state index contributed by atoms with van der Waals surface area (Å²) in [7, 11) is 2.06. The Morgan fingerprint density at radius 1 is 1.02 bits per heavy atom. The molecule has 1 aromatic heterocycles. The second-order valence-corrected chi connectivity index (χ2v) is 13.7.